The third kappa shape index (κ3) is 3.22. The lowest BCUT2D eigenvalue weighted by molar-refractivity contribution is -0.0526. The van der Waals surface area contributed by atoms with E-state index in [0.29, 0.717) is 6.61 Å². The quantitative estimate of drug-likeness (QED) is 0.852. The third-order valence-electron chi connectivity index (χ3n) is 4.94. The average molecular weight is 288 g/mol. The number of pyridine rings is 1. The summed E-state index contributed by atoms with van der Waals surface area (Å²) in [6.45, 7) is 4.33. The molecular weight excluding hydrogens is 264 g/mol. The predicted octanol–water partition coefficient (Wildman–Crippen LogP) is 2.49. The van der Waals surface area contributed by atoms with Gasteiger partial charge in [-0.15, -0.1) is 0 Å². The van der Waals surface area contributed by atoms with Crippen molar-refractivity contribution >= 4 is 0 Å². The van der Waals surface area contributed by atoms with E-state index in [1.165, 1.54) is 38.8 Å². The molecule has 1 saturated carbocycles. The molecule has 21 heavy (non-hydrogen) atoms. The smallest absolute Gasteiger partial charge is 0.138 e. The van der Waals surface area contributed by atoms with E-state index in [2.05, 4.69) is 9.88 Å². The molecule has 2 saturated heterocycles. The van der Waals surface area contributed by atoms with Gasteiger partial charge in [0, 0.05) is 25.7 Å². The second-order valence-corrected chi connectivity index (χ2v) is 6.91. The van der Waals surface area contributed by atoms with Crippen LogP contribution in [0.3, 0.4) is 0 Å². The van der Waals surface area contributed by atoms with Crippen LogP contribution in [0.2, 0.25) is 0 Å². The zero-order chi connectivity index (χ0) is 14.1. The highest BCUT2D eigenvalue weighted by Crippen LogP contribution is 2.38. The minimum atomic E-state index is 0.0417. The zero-order valence-corrected chi connectivity index (χ0v) is 12.5. The van der Waals surface area contributed by atoms with Crippen LogP contribution in [0.5, 0.6) is 5.75 Å². The molecule has 0 bridgehead atoms. The molecule has 0 aromatic carbocycles. The van der Waals surface area contributed by atoms with Crippen molar-refractivity contribution in [2.45, 2.75) is 43.8 Å². The monoisotopic (exact) mass is 288 g/mol. The summed E-state index contributed by atoms with van der Waals surface area (Å²) in [4.78, 5) is 6.73. The van der Waals surface area contributed by atoms with Crippen LogP contribution >= 0.6 is 0 Å². The molecular formula is C17H24N2O2. The molecule has 1 aromatic rings. The lowest BCUT2D eigenvalue weighted by Crippen LogP contribution is -2.48. The number of nitrogens with zero attached hydrogens (tertiary/aromatic N) is 2. The van der Waals surface area contributed by atoms with Gasteiger partial charge in [0.05, 0.1) is 18.4 Å². The lowest BCUT2D eigenvalue weighted by Gasteiger charge is -2.39. The highest BCUT2D eigenvalue weighted by Gasteiger charge is 2.45. The topological polar surface area (TPSA) is 34.6 Å². The Morgan fingerprint density at radius 3 is 3.19 bits per heavy atom. The molecule has 0 amide bonds. The Labute approximate surface area is 126 Å². The van der Waals surface area contributed by atoms with Gasteiger partial charge in [0.15, 0.2) is 0 Å². The minimum absolute atomic E-state index is 0.0417. The first-order valence-electron chi connectivity index (χ1n) is 8.24. The predicted molar refractivity (Wildman–Crippen MR) is 80.4 cm³/mol. The van der Waals surface area contributed by atoms with Crippen molar-refractivity contribution in [3.8, 4) is 5.75 Å². The SMILES string of the molecule is c1cncc(O[C@H]2CO[C@@]3(CCCN(CC4CC4)C3)C2)c1. The van der Waals surface area contributed by atoms with Gasteiger partial charge in [-0.05, 0) is 50.3 Å². The van der Waals surface area contributed by atoms with E-state index in [1.807, 2.05) is 12.1 Å². The standard InChI is InChI=1S/C17H24N2O2/c1-3-15(10-18-7-1)21-16-9-17(20-12-16)6-2-8-19(13-17)11-14-4-5-14/h1,3,7,10,14,16H,2,4-6,8-9,11-13H2/t16-,17+/m1/s1. The molecule has 0 radical (unpaired) electrons. The number of hydrogen-bond acceptors (Lipinski definition) is 4. The summed E-state index contributed by atoms with van der Waals surface area (Å²) in [5, 5.41) is 0. The summed E-state index contributed by atoms with van der Waals surface area (Å²) in [7, 11) is 0. The number of hydrogen-bond donors (Lipinski definition) is 0. The molecule has 1 aromatic heterocycles. The van der Waals surface area contributed by atoms with E-state index in [0.717, 1.165) is 24.6 Å². The average Bonchev–Trinajstić information content (AvgIpc) is 3.23. The van der Waals surface area contributed by atoms with Gasteiger partial charge in [-0.25, -0.2) is 0 Å². The fourth-order valence-electron chi connectivity index (χ4n) is 3.78. The maximum Gasteiger partial charge on any atom is 0.138 e. The first-order chi connectivity index (χ1) is 10.3. The van der Waals surface area contributed by atoms with Crippen molar-refractivity contribution in [1.82, 2.24) is 9.88 Å². The molecule has 0 unspecified atom stereocenters. The highest BCUT2D eigenvalue weighted by atomic mass is 16.6. The summed E-state index contributed by atoms with van der Waals surface area (Å²) >= 11 is 0. The fourth-order valence-corrected chi connectivity index (χ4v) is 3.78. The maximum absolute atomic E-state index is 6.21. The molecule has 3 heterocycles. The minimum Gasteiger partial charge on any atom is -0.486 e. The summed E-state index contributed by atoms with van der Waals surface area (Å²) in [6, 6.07) is 3.89. The molecule has 114 valence electrons. The van der Waals surface area contributed by atoms with E-state index >= 15 is 0 Å². The Hall–Kier alpha value is -1.13. The van der Waals surface area contributed by atoms with Crippen LogP contribution in [0.15, 0.2) is 24.5 Å². The van der Waals surface area contributed by atoms with Crippen molar-refractivity contribution in [3.05, 3.63) is 24.5 Å². The van der Waals surface area contributed by atoms with E-state index in [1.54, 1.807) is 12.4 Å². The molecule has 2 atom stereocenters. The molecule has 4 heteroatoms. The van der Waals surface area contributed by atoms with Gasteiger partial charge in [-0.2, -0.15) is 0 Å². The number of rotatable bonds is 4. The van der Waals surface area contributed by atoms with E-state index in [-0.39, 0.29) is 11.7 Å². The highest BCUT2D eigenvalue weighted by molar-refractivity contribution is 5.16. The molecule has 4 nitrogen and oxygen atoms in total. The van der Waals surface area contributed by atoms with Crippen molar-refractivity contribution in [3.63, 3.8) is 0 Å². The fraction of sp³-hybridized carbons (Fsp3) is 0.706. The normalized spacial score (nSPS) is 33.4. The van der Waals surface area contributed by atoms with Crippen molar-refractivity contribution in [2.75, 3.05) is 26.2 Å². The first kappa shape index (κ1) is 13.5. The van der Waals surface area contributed by atoms with Crippen LogP contribution in [-0.4, -0.2) is 47.8 Å². The van der Waals surface area contributed by atoms with Crippen LogP contribution < -0.4 is 4.74 Å². The number of likely N-dealkylation sites (tertiary alicyclic amines) is 1. The van der Waals surface area contributed by atoms with Crippen LogP contribution in [0.1, 0.15) is 32.1 Å². The number of aromatic nitrogens is 1. The maximum atomic E-state index is 6.21. The summed E-state index contributed by atoms with van der Waals surface area (Å²) in [6.07, 6.45) is 10.0. The number of piperidine rings is 1. The lowest BCUT2D eigenvalue weighted by atomic mass is 9.89. The largest absolute Gasteiger partial charge is 0.486 e. The molecule has 4 rings (SSSR count). The second-order valence-electron chi connectivity index (χ2n) is 6.91. The van der Waals surface area contributed by atoms with Crippen LogP contribution in [0.25, 0.3) is 0 Å². The number of ether oxygens (including phenoxy) is 2. The Bertz CT molecular complexity index is 477. The third-order valence-corrected chi connectivity index (χ3v) is 4.94. The zero-order valence-electron chi connectivity index (χ0n) is 12.5. The summed E-state index contributed by atoms with van der Waals surface area (Å²) in [5.41, 5.74) is 0.0417. The Kier molecular flexibility index (Phi) is 3.59. The Morgan fingerprint density at radius 1 is 1.43 bits per heavy atom. The molecule has 0 N–H and O–H groups in total. The Balaban J connectivity index is 1.35. The van der Waals surface area contributed by atoms with Crippen molar-refractivity contribution in [1.29, 1.82) is 0 Å². The van der Waals surface area contributed by atoms with Gasteiger partial charge in [0.1, 0.15) is 11.9 Å². The van der Waals surface area contributed by atoms with Crippen molar-refractivity contribution in [2.24, 2.45) is 5.92 Å². The van der Waals surface area contributed by atoms with Crippen LogP contribution in [0.4, 0.5) is 0 Å². The van der Waals surface area contributed by atoms with Gasteiger partial charge in [-0.3, -0.25) is 4.98 Å². The van der Waals surface area contributed by atoms with Gasteiger partial charge < -0.3 is 14.4 Å². The van der Waals surface area contributed by atoms with Gasteiger partial charge in [0.2, 0.25) is 0 Å². The van der Waals surface area contributed by atoms with Crippen LogP contribution in [-0.2, 0) is 4.74 Å². The van der Waals surface area contributed by atoms with Crippen LogP contribution in [0, 0.1) is 5.92 Å². The summed E-state index contributed by atoms with van der Waals surface area (Å²) < 4.78 is 12.2. The molecule has 1 aliphatic carbocycles. The van der Waals surface area contributed by atoms with Gasteiger partial charge in [0.25, 0.3) is 0 Å². The van der Waals surface area contributed by atoms with E-state index in [4.69, 9.17) is 9.47 Å². The molecule has 1 spiro atoms. The second kappa shape index (κ2) is 5.58. The molecule has 3 fully saturated rings. The molecule has 3 aliphatic rings. The van der Waals surface area contributed by atoms with Gasteiger partial charge >= 0.3 is 0 Å². The van der Waals surface area contributed by atoms with E-state index < -0.39 is 0 Å². The first-order valence-corrected chi connectivity index (χ1v) is 8.24. The van der Waals surface area contributed by atoms with Crippen molar-refractivity contribution < 1.29 is 9.47 Å². The van der Waals surface area contributed by atoms with Gasteiger partial charge in [-0.1, -0.05) is 0 Å². The summed E-state index contributed by atoms with van der Waals surface area (Å²) in [5.74, 6) is 1.82. The molecule has 2 aliphatic heterocycles. The Morgan fingerprint density at radius 2 is 2.38 bits per heavy atom. The van der Waals surface area contributed by atoms with E-state index in [9.17, 15) is 0 Å².